The van der Waals surface area contributed by atoms with Crippen LogP contribution in [0.5, 0.6) is 0 Å². The summed E-state index contributed by atoms with van der Waals surface area (Å²) in [5.74, 6) is 0. The van der Waals surface area contributed by atoms with Crippen molar-refractivity contribution in [3.8, 4) is 0 Å². The van der Waals surface area contributed by atoms with Crippen LogP contribution in [-0.2, 0) is 0 Å². The minimum Gasteiger partial charge on any atom is -0.312 e. The molecular formula is C12H24F3N3. The molecule has 1 N–H and O–H groups in total. The Bertz CT molecular complexity index is 235. The zero-order chi connectivity index (χ0) is 13.8. The predicted octanol–water partition coefficient (Wildman–Crippen LogP) is 1.55. The molecule has 0 radical (unpaired) electrons. The lowest BCUT2D eigenvalue weighted by molar-refractivity contribution is -0.148. The Morgan fingerprint density at radius 1 is 1.28 bits per heavy atom. The molecule has 0 spiro atoms. The van der Waals surface area contributed by atoms with Gasteiger partial charge in [-0.1, -0.05) is 0 Å². The summed E-state index contributed by atoms with van der Waals surface area (Å²) < 4.78 is 36.7. The lowest BCUT2D eigenvalue weighted by Gasteiger charge is -2.33. The zero-order valence-electron chi connectivity index (χ0n) is 11.4. The van der Waals surface area contributed by atoms with Gasteiger partial charge in [0, 0.05) is 18.6 Å². The van der Waals surface area contributed by atoms with Crippen LogP contribution >= 0.6 is 0 Å². The van der Waals surface area contributed by atoms with Crippen LogP contribution < -0.4 is 5.32 Å². The van der Waals surface area contributed by atoms with Crippen molar-refractivity contribution in [2.24, 2.45) is 0 Å². The summed E-state index contributed by atoms with van der Waals surface area (Å²) in [5.41, 5.74) is 0. The van der Waals surface area contributed by atoms with Crippen molar-refractivity contribution in [3.63, 3.8) is 0 Å². The van der Waals surface area contributed by atoms with Crippen molar-refractivity contribution in [2.75, 3.05) is 40.3 Å². The molecule has 18 heavy (non-hydrogen) atoms. The Labute approximate surface area is 107 Å². The summed E-state index contributed by atoms with van der Waals surface area (Å²) in [5, 5.41) is 3.44. The zero-order valence-corrected chi connectivity index (χ0v) is 11.4. The lowest BCUT2D eigenvalue weighted by atomic mass is 10.0. The van der Waals surface area contributed by atoms with Gasteiger partial charge in [-0.25, -0.2) is 0 Å². The van der Waals surface area contributed by atoms with Crippen LogP contribution in [0.4, 0.5) is 13.2 Å². The Balaban J connectivity index is 2.19. The molecule has 108 valence electrons. The first-order valence-corrected chi connectivity index (χ1v) is 6.47. The van der Waals surface area contributed by atoms with Gasteiger partial charge in [0.05, 0.1) is 6.54 Å². The molecule has 0 saturated carbocycles. The maximum absolute atomic E-state index is 12.2. The predicted molar refractivity (Wildman–Crippen MR) is 66.7 cm³/mol. The Kier molecular flexibility index (Phi) is 5.88. The van der Waals surface area contributed by atoms with Crippen molar-refractivity contribution in [3.05, 3.63) is 0 Å². The van der Waals surface area contributed by atoms with E-state index >= 15 is 0 Å². The molecule has 0 amide bonds. The fourth-order valence-electron chi connectivity index (χ4n) is 2.07. The summed E-state index contributed by atoms with van der Waals surface area (Å²) in [6.45, 7) is 3.32. The molecule has 6 heteroatoms. The van der Waals surface area contributed by atoms with Gasteiger partial charge in [-0.2, -0.15) is 13.2 Å². The topological polar surface area (TPSA) is 18.5 Å². The van der Waals surface area contributed by atoms with Gasteiger partial charge in [-0.15, -0.1) is 0 Å². The highest BCUT2D eigenvalue weighted by molar-refractivity contribution is 4.79. The summed E-state index contributed by atoms with van der Waals surface area (Å²) in [7, 11) is 4.05. The van der Waals surface area contributed by atoms with Gasteiger partial charge in [0.2, 0.25) is 0 Å². The number of piperidine rings is 1. The molecule has 1 rings (SSSR count). The van der Waals surface area contributed by atoms with Gasteiger partial charge >= 0.3 is 6.18 Å². The number of hydrogen-bond donors (Lipinski definition) is 1. The molecule has 1 saturated heterocycles. The molecule has 0 aromatic heterocycles. The highest BCUT2D eigenvalue weighted by atomic mass is 19.4. The molecule has 3 nitrogen and oxygen atoms in total. The maximum atomic E-state index is 12.2. The molecule has 1 atom stereocenters. The van der Waals surface area contributed by atoms with Crippen LogP contribution in [0.25, 0.3) is 0 Å². The number of halogens is 3. The maximum Gasteiger partial charge on any atom is 0.401 e. The smallest absolute Gasteiger partial charge is 0.312 e. The highest BCUT2D eigenvalue weighted by Crippen LogP contribution is 2.19. The Hall–Kier alpha value is -0.330. The van der Waals surface area contributed by atoms with Crippen LogP contribution in [0, 0.1) is 0 Å². The van der Waals surface area contributed by atoms with E-state index in [0.717, 1.165) is 19.4 Å². The SMILES string of the molecule is CC(CNC1CCN(CC(F)(F)F)CC1)N(C)C. The third-order valence-electron chi connectivity index (χ3n) is 3.57. The second-order valence-corrected chi connectivity index (χ2v) is 5.39. The first-order chi connectivity index (χ1) is 8.28. The largest absolute Gasteiger partial charge is 0.401 e. The third-order valence-corrected chi connectivity index (χ3v) is 3.57. The van der Waals surface area contributed by atoms with Crippen molar-refractivity contribution in [2.45, 2.75) is 38.0 Å². The molecular weight excluding hydrogens is 243 g/mol. The molecule has 1 fully saturated rings. The minimum absolute atomic E-state index is 0.358. The first kappa shape index (κ1) is 15.7. The number of likely N-dealkylation sites (N-methyl/N-ethyl adjacent to an activating group) is 1. The number of likely N-dealkylation sites (tertiary alicyclic amines) is 1. The van der Waals surface area contributed by atoms with Crippen molar-refractivity contribution >= 4 is 0 Å². The van der Waals surface area contributed by atoms with Crippen molar-refractivity contribution < 1.29 is 13.2 Å². The number of hydrogen-bond acceptors (Lipinski definition) is 3. The van der Waals surface area contributed by atoms with Crippen LogP contribution in [0.3, 0.4) is 0 Å². The van der Waals surface area contributed by atoms with E-state index in [2.05, 4.69) is 17.1 Å². The summed E-state index contributed by atoms with van der Waals surface area (Å²) >= 11 is 0. The van der Waals surface area contributed by atoms with Gasteiger partial charge < -0.3 is 10.2 Å². The van der Waals surface area contributed by atoms with Gasteiger partial charge in [-0.3, -0.25) is 4.90 Å². The van der Waals surface area contributed by atoms with E-state index in [-0.39, 0.29) is 0 Å². The standard InChI is InChI=1S/C12H24F3N3/c1-10(17(2)3)8-16-11-4-6-18(7-5-11)9-12(13,14)15/h10-11,16H,4-9H2,1-3H3. The second kappa shape index (κ2) is 6.73. The lowest BCUT2D eigenvalue weighted by Crippen LogP contribution is -2.48. The molecule has 0 bridgehead atoms. The van der Waals surface area contributed by atoms with Crippen molar-refractivity contribution in [1.29, 1.82) is 0 Å². The first-order valence-electron chi connectivity index (χ1n) is 6.47. The van der Waals surface area contributed by atoms with E-state index < -0.39 is 12.7 Å². The van der Waals surface area contributed by atoms with Crippen LogP contribution in [0.2, 0.25) is 0 Å². The van der Waals surface area contributed by atoms with Gasteiger partial charge in [-0.05, 0) is 47.0 Å². The average Bonchev–Trinajstić information content (AvgIpc) is 2.25. The van der Waals surface area contributed by atoms with Crippen molar-refractivity contribution in [1.82, 2.24) is 15.1 Å². The Morgan fingerprint density at radius 2 is 1.83 bits per heavy atom. The molecule has 1 aliphatic heterocycles. The molecule has 1 aliphatic rings. The fourth-order valence-corrected chi connectivity index (χ4v) is 2.07. The molecule has 0 aromatic rings. The average molecular weight is 267 g/mol. The van der Waals surface area contributed by atoms with E-state index in [9.17, 15) is 13.2 Å². The van der Waals surface area contributed by atoms with E-state index in [1.54, 1.807) is 0 Å². The summed E-state index contributed by atoms with van der Waals surface area (Å²) in [6, 6.07) is 0.801. The van der Waals surface area contributed by atoms with Gasteiger partial charge in [0.1, 0.15) is 0 Å². The van der Waals surface area contributed by atoms with Crippen LogP contribution in [0.15, 0.2) is 0 Å². The highest BCUT2D eigenvalue weighted by Gasteiger charge is 2.32. The summed E-state index contributed by atoms with van der Waals surface area (Å²) in [6.07, 6.45) is -2.47. The van der Waals surface area contributed by atoms with Crippen LogP contribution in [-0.4, -0.2) is 68.3 Å². The van der Waals surface area contributed by atoms with E-state index in [4.69, 9.17) is 0 Å². The number of nitrogens with zero attached hydrogens (tertiary/aromatic N) is 2. The van der Waals surface area contributed by atoms with Gasteiger partial charge in [0.15, 0.2) is 0 Å². The molecule has 1 unspecified atom stereocenters. The van der Waals surface area contributed by atoms with Gasteiger partial charge in [0.25, 0.3) is 0 Å². The second-order valence-electron chi connectivity index (χ2n) is 5.39. The van der Waals surface area contributed by atoms with E-state index in [1.165, 1.54) is 4.90 Å². The van der Waals surface area contributed by atoms with E-state index in [0.29, 0.717) is 25.2 Å². The molecule has 1 heterocycles. The third kappa shape index (κ3) is 6.02. The number of rotatable bonds is 5. The Morgan fingerprint density at radius 3 is 2.28 bits per heavy atom. The fraction of sp³-hybridized carbons (Fsp3) is 1.00. The minimum atomic E-state index is -4.07. The van der Waals surface area contributed by atoms with E-state index in [1.807, 2.05) is 14.1 Å². The van der Waals surface area contributed by atoms with Crippen LogP contribution in [0.1, 0.15) is 19.8 Å². The quantitative estimate of drug-likeness (QED) is 0.815. The molecule has 0 aliphatic carbocycles. The normalized spacial score (nSPS) is 21.5. The summed E-state index contributed by atoms with van der Waals surface area (Å²) in [4.78, 5) is 3.62. The molecule has 0 aromatic carbocycles. The number of alkyl halides is 3. The number of nitrogens with one attached hydrogen (secondary N) is 1. The monoisotopic (exact) mass is 267 g/mol.